The Balaban J connectivity index is 3.12. The highest BCUT2D eigenvalue weighted by Crippen LogP contribution is 2.30. The van der Waals surface area contributed by atoms with Gasteiger partial charge in [0.25, 0.3) is 0 Å². The number of anilines is 1. The van der Waals surface area contributed by atoms with Gasteiger partial charge in [-0.25, -0.2) is 0 Å². The van der Waals surface area contributed by atoms with E-state index in [1.807, 2.05) is 35.2 Å². The molecule has 1 aromatic carbocycles. The highest BCUT2D eigenvalue weighted by Gasteiger charge is 2.14. The van der Waals surface area contributed by atoms with Crippen molar-refractivity contribution in [1.82, 2.24) is 0 Å². The predicted octanol–water partition coefficient (Wildman–Crippen LogP) is 5.91. The van der Waals surface area contributed by atoms with Gasteiger partial charge >= 0.3 is 0 Å². The normalized spacial score (nSPS) is 13.0. The molecule has 2 nitrogen and oxygen atoms in total. The number of hydrogen-bond donors (Lipinski definition) is 1. The van der Waals surface area contributed by atoms with Gasteiger partial charge in [0.2, 0.25) is 0 Å². The van der Waals surface area contributed by atoms with E-state index in [9.17, 15) is 5.11 Å². The standard InChI is InChI=1S/C16H20Br3NO/c1-3-7-14(17)12(2)10-15(16(18)19)20(11-21)13-8-5-4-6-9-13/h4-6,8-10,14,21H,3,7,11H2,1-2H3/b12-10+. The zero-order valence-electron chi connectivity index (χ0n) is 12.2. The van der Waals surface area contributed by atoms with E-state index in [1.54, 1.807) is 0 Å². The number of halogens is 3. The van der Waals surface area contributed by atoms with E-state index in [1.165, 1.54) is 5.57 Å². The number of hydrogen-bond acceptors (Lipinski definition) is 2. The maximum absolute atomic E-state index is 9.76. The van der Waals surface area contributed by atoms with Crippen LogP contribution in [0.25, 0.3) is 0 Å². The number of rotatable bonds is 7. The van der Waals surface area contributed by atoms with Crippen molar-refractivity contribution in [3.63, 3.8) is 0 Å². The minimum atomic E-state index is -0.0927. The molecular weight excluding hydrogens is 462 g/mol. The molecule has 0 amide bonds. The lowest BCUT2D eigenvalue weighted by Crippen LogP contribution is -2.23. The van der Waals surface area contributed by atoms with E-state index in [0.717, 1.165) is 27.6 Å². The maximum atomic E-state index is 9.76. The molecule has 0 spiro atoms. The van der Waals surface area contributed by atoms with Crippen LogP contribution in [0.1, 0.15) is 26.7 Å². The summed E-state index contributed by atoms with van der Waals surface area (Å²) in [6.45, 7) is 4.17. The molecule has 1 rings (SSSR count). The van der Waals surface area contributed by atoms with Crippen LogP contribution in [0.4, 0.5) is 5.69 Å². The fraction of sp³-hybridized carbons (Fsp3) is 0.375. The first-order chi connectivity index (χ1) is 10.0. The second kappa shape index (κ2) is 9.82. The van der Waals surface area contributed by atoms with Crippen LogP contribution in [-0.4, -0.2) is 16.7 Å². The van der Waals surface area contributed by atoms with Crippen molar-refractivity contribution in [2.75, 3.05) is 11.6 Å². The van der Waals surface area contributed by atoms with Crippen LogP contribution in [0, 0.1) is 0 Å². The van der Waals surface area contributed by atoms with Crippen LogP contribution in [0.5, 0.6) is 0 Å². The van der Waals surface area contributed by atoms with Crippen LogP contribution in [0.15, 0.2) is 51.1 Å². The Hall–Kier alpha value is -0.100. The Morgan fingerprint density at radius 1 is 1.29 bits per heavy atom. The number of alkyl halides is 1. The second-order valence-electron chi connectivity index (χ2n) is 4.70. The smallest absolute Gasteiger partial charge is 0.120 e. The van der Waals surface area contributed by atoms with Crippen molar-refractivity contribution in [3.8, 4) is 0 Å². The van der Waals surface area contributed by atoms with E-state index in [4.69, 9.17) is 0 Å². The lowest BCUT2D eigenvalue weighted by molar-refractivity contribution is 0.301. The Kier molecular flexibility index (Phi) is 8.86. The fourth-order valence-corrected chi connectivity index (χ4v) is 3.17. The molecule has 0 radical (unpaired) electrons. The molecule has 21 heavy (non-hydrogen) atoms. The summed E-state index contributed by atoms with van der Waals surface area (Å²) < 4.78 is 0.809. The van der Waals surface area contributed by atoms with Crippen LogP contribution in [-0.2, 0) is 0 Å². The average Bonchev–Trinajstić information content (AvgIpc) is 2.48. The predicted molar refractivity (Wildman–Crippen MR) is 102 cm³/mol. The first-order valence-corrected chi connectivity index (χ1v) is 9.32. The van der Waals surface area contributed by atoms with Gasteiger partial charge in [0, 0.05) is 10.5 Å². The minimum absolute atomic E-state index is 0.0927. The number of aliphatic hydroxyl groups excluding tert-OH is 1. The largest absolute Gasteiger partial charge is 0.376 e. The van der Waals surface area contributed by atoms with Crippen molar-refractivity contribution in [1.29, 1.82) is 0 Å². The molecule has 1 unspecified atom stereocenters. The summed E-state index contributed by atoms with van der Waals surface area (Å²) >= 11 is 10.7. The number of allylic oxidation sites excluding steroid dienone is 2. The molecule has 0 fully saturated rings. The van der Waals surface area contributed by atoms with Crippen molar-refractivity contribution >= 4 is 53.5 Å². The summed E-state index contributed by atoms with van der Waals surface area (Å²) in [7, 11) is 0. The van der Waals surface area contributed by atoms with Gasteiger partial charge in [0.15, 0.2) is 0 Å². The molecule has 0 aliphatic carbocycles. The zero-order valence-corrected chi connectivity index (χ0v) is 16.9. The van der Waals surface area contributed by atoms with Crippen molar-refractivity contribution in [3.05, 3.63) is 51.1 Å². The van der Waals surface area contributed by atoms with Crippen LogP contribution >= 0.6 is 47.8 Å². The second-order valence-corrected chi connectivity index (χ2v) is 8.45. The summed E-state index contributed by atoms with van der Waals surface area (Å²) in [5.74, 6) is 0. The lowest BCUT2D eigenvalue weighted by atomic mass is 10.1. The SMILES string of the molecule is CCCC(Br)/C(C)=C/C(=C(Br)Br)N(CO)c1ccccc1. The molecule has 1 atom stereocenters. The lowest BCUT2D eigenvalue weighted by Gasteiger charge is -2.25. The minimum Gasteiger partial charge on any atom is -0.376 e. The monoisotopic (exact) mass is 479 g/mol. The topological polar surface area (TPSA) is 23.5 Å². The molecule has 0 saturated heterocycles. The van der Waals surface area contributed by atoms with Gasteiger partial charge < -0.3 is 10.0 Å². The van der Waals surface area contributed by atoms with Gasteiger partial charge in [-0.05, 0) is 63.4 Å². The van der Waals surface area contributed by atoms with Gasteiger partial charge in [-0.3, -0.25) is 0 Å². The van der Waals surface area contributed by atoms with E-state index in [0.29, 0.717) is 4.83 Å². The number of benzene rings is 1. The van der Waals surface area contributed by atoms with E-state index in [2.05, 4.69) is 67.7 Å². The zero-order chi connectivity index (χ0) is 15.8. The highest BCUT2D eigenvalue weighted by atomic mass is 79.9. The Morgan fingerprint density at radius 2 is 1.90 bits per heavy atom. The molecule has 0 saturated carbocycles. The maximum Gasteiger partial charge on any atom is 0.120 e. The summed E-state index contributed by atoms with van der Waals surface area (Å²) in [4.78, 5) is 2.18. The summed E-state index contributed by atoms with van der Waals surface area (Å²) in [5, 5.41) is 9.76. The van der Waals surface area contributed by atoms with Gasteiger partial charge in [-0.1, -0.05) is 53.0 Å². The molecule has 5 heteroatoms. The van der Waals surface area contributed by atoms with Crippen LogP contribution < -0.4 is 4.90 Å². The third-order valence-electron chi connectivity index (χ3n) is 3.09. The van der Waals surface area contributed by atoms with Gasteiger partial charge in [0.1, 0.15) is 6.73 Å². The van der Waals surface area contributed by atoms with Crippen LogP contribution in [0.2, 0.25) is 0 Å². The van der Waals surface area contributed by atoms with Crippen molar-refractivity contribution < 1.29 is 5.11 Å². The number of nitrogens with zero attached hydrogens (tertiary/aromatic N) is 1. The summed E-state index contributed by atoms with van der Waals surface area (Å²) in [5.41, 5.74) is 3.05. The fourth-order valence-electron chi connectivity index (χ4n) is 1.93. The van der Waals surface area contributed by atoms with Crippen molar-refractivity contribution in [2.45, 2.75) is 31.5 Å². The van der Waals surface area contributed by atoms with Crippen molar-refractivity contribution in [2.24, 2.45) is 0 Å². The average molecular weight is 482 g/mol. The van der Waals surface area contributed by atoms with Gasteiger partial charge in [-0.15, -0.1) is 0 Å². The van der Waals surface area contributed by atoms with Gasteiger partial charge in [-0.2, -0.15) is 0 Å². The summed E-state index contributed by atoms with van der Waals surface area (Å²) in [6, 6.07) is 9.82. The number of para-hydroxylation sites is 1. The number of aliphatic hydroxyl groups is 1. The highest BCUT2D eigenvalue weighted by molar-refractivity contribution is 9.28. The summed E-state index contributed by atoms with van der Waals surface area (Å²) in [6.07, 6.45) is 4.29. The molecule has 0 aliphatic rings. The molecular formula is C16H20Br3NO. The van der Waals surface area contributed by atoms with E-state index in [-0.39, 0.29) is 6.73 Å². The van der Waals surface area contributed by atoms with E-state index < -0.39 is 0 Å². The molecule has 1 N–H and O–H groups in total. The molecule has 0 bridgehead atoms. The third kappa shape index (κ3) is 5.89. The first-order valence-electron chi connectivity index (χ1n) is 6.82. The molecule has 0 heterocycles. The molecule has 0 aromatic heterocycles. The first kappa shape index (κ1) is 18.9. The quantitative estimate of drug-likeness (QED) is 0.297. The Bertz CT molecular complexity index is 496. The Labute approximate surface area is 152 Å². The molecule has 0 aliphatic heterocycles. The van der Waals surface area contributed by atoms with Gasteiger partial charge in [0.05, 0.1) is 9.09 Å². The molecule has 1 aromatic rings. The van der Waals surface area contributed by atoms with E-state index >= 15 is 0 Å². The Morgan fingerprint density at radius 3 is 2.38 bits per heavy atom. The third-order valence-corrected chi connectivity index (χ3v) is 5.09. The molecule has 116 valence electrons. The van der Waals surface area contributed by atoms with Crippen LogP contribution in [0.3, 0.4) is 0 Å².